The first kappa shape index (κ1) is 11.4. The van der Waals surface area contributed by atoms with E-state index in [1.807, 2.05) is 13.0 Å². The molecule has 0 aliphatic carbocycles. The summed E-state index contributed by atoms with van der Waals surface area (Å²) < 4.78 is 0. The zero-order chi connectivity index (χ0) is 10.3. The van der Waals surface area contributed by atoms with E-state index in [9.17, 15) is 4.79 Å². The normalized spacial score (nSPS) is 12.2. The number of carbonyl (C=O) groups excluding carboxylic acids is 1. The molecule has 0 aromatic heterocycles. The average Bonchev–Trinajstić information content (AvgIpc) is 2.05. The summed E-state index contributed by atoms with van der Waals surface area (Å²) in [5.41, 5.74) is 1.61. The molecule has 0 rings (SSSR count). The Hall–Kier alpha value is -1.57. The lowest BCUT2D eigenvalue weighted by atomic mass is 10.1. The van der Waals surface area contributed by atoms with Gasteiger partial charge in [-0.2, -0.15) is 0 Å². The third-order valence-corrected chi connectivity index (χ3v) is 1.44. The van der Waals surface area contributed by atoms with E-state index in [0.717, 1.165) is 11.3 Å². The minimum Gasteiger partial charge on any atom is -0.326 e. The van der Waals surface area contributed by atoms with Gasteiger partial charge in [0.2, 0.25) is 5.91 Å². The highest BCUT2D eigenvalue weighted by Crippen LogP contribution is 2.07. The monoisotopic (exact) mass is 177 g/mol. The molecule has 0 atom stereocenters. The van der Waals surface area contributed by atoms with Crippen molar-refractivity contribution in [2.75, 3.05) is 0 Å². The van der Waals surface area contributed by atoms with Crippen LogP contribution in [0.1, 0.15) is 13.8 Å². The molecule has 1 N–H and O–H groups in total. The zero-order valence-electron chi connectivity index (χ0n) is 8.13. The van der Waals surface area contributed by atoms with E-state index in [0.29, 0.717) is 0 Å². The summed E-state index contributed by atoms with van der Waals surface area (Å²) in [5.74, 6) is -0.103. The maximum Gasteiger partial charge on any atom is 0.221 e. The number of amides is 1. The Morgan fingerprint density at radius 3 is 2.31 bits per heavy atom. The van der Waals surface area contributed by atoms with Crippen LogP contribution in [-0.2, 0) is 4.79 Å². The van der Waals surface area contributed by atoms with Gasteiger partial charge >= 0.3 is 0 Å². The van der Waals surface area contributed by atoms with Gasteiger partial charge in [-0.25, -0.2) is 0 Å². The lowest BCUT2D eigenvalue weighted by molar-refractivity contribution is -0.118. The SMILES string of the molecule is C=C/C=C(NC(C)=O)\C(C=C)=C/C. The highest BCUT2D eigenvalue weighted by molar-refractivity contribution is 5.76. The van der Waals surface area contributed by atoms with Crippen LogP contribution in [0.25, 0.3) is 0 Å². The van der Waals surface area contributed by atoms with Gasteiger partial charge in [0.25, 0.3) is 0 Å². The van der Waals surface area contributed by atoms with Crippen LogP contribution in [-0.4, -0.2) is 5.91 Å². The van der Waals surface area contributed by atoms with Crippen molar-refractivity contribution in [3.63, 3.8) is 0 Å². The van der Waals surface area contributed by atoms with Gasteiger partial charge in [-0.1, -0.05) is 31.4 Å². The Labute approximate surface area is 79.3 Å². The second-order valence-electron chi connectivity index (χ2n) is 2.45. The number of hydrogen-bond donors (Lipinski definition) is 1. The van der Waals surface area contributed by atoms with Crippen molar-refractivity contribution in [3.05, 3.63) is 48.7 Å². The fourth-order valence-corrected chi connectivity index (χ4v) is 0.901. The minimum atomic E-state index is -0.103. The number of hydrogen-bond acceptors (Lipinski definition) is 1. The van der Waals surface area contributed by atoms with Gasteiger partial charge in [0, 0.05) is 12.6 Å². The van der Waals surface area contributed by atoms with Crippen LogP contribution in [0.4, 0.5) is 0 Å². The van der Waals surface area contributed by atoms with Crippen molar-refractivity contribution < 1.29 is 4.79 Å². The highest BCUT2D eigenvalue weighted by Gasteiger charge is 2.00. The topological polar surface area (TPSA) is 29.1 Å². The molecule has 2 nitrogen and oxygen atoms in total. The molecular formula is C11H15NO. The molecule has 70 valence electrons. The maximum atomic E-state index is 10.8. The van der Waals surface area contributed by atoms with Crippen LogP contribution in [0, 0.1) is 0 Å². The lowest BCUT2D eigenvalue weighted by Crippen LogP contribution is -2.19. The van der Waals surface area contributed by atoms with Gasteiger partial charge in [0.15, 0.2) is 0 Å². The lowest BCUT2D eigenvalue weighted by Gasteiger charge is -2.07. The van der Waals surface area contributed by atoms with E-state index < -0.39 is 0 Å². The van der Waals surface area contributed by atoms with Crippen LogP contribution >= 0.6 is 0 Å². The Morgan fingerprint density at radius 1 is 1.38 bits per heavy atom. The third kappa shape index (κ3) is 4.11. The predicted octanol–water partition coefficient (Wildman–Crippen LogP) is 2.32. The van der Waals surface area contributed by atoms with Gasteiger partial charge in [-0.05, 0) is 18.6 Å². The largest absolute Gasteiger partial charge is 0.326 e. The van der Waals surface area contributed by atoms with Crippen LogP contribution in [0.3, 0.4) is 0 Å². The van der Waals surface area contributed by atoms with E-state index in [2.05, 4.69) is 18.5 Å². The summed E-state index contributed by atoms with van der Waals surface area (Å²) in [7, 11) is 0. The van der Waals surface area contributed by atoms with Crippen LogP contribution in [0.2, 0.25) is 0 Å². The molecule has 0 aliphatic rings. The summed E-state index contributed by atoms with van der Waals surface area (Å²) in [4.78, 5) is 10.8. The molecule has 0 saturated carbocycles. The summed E-state index contributed by atoms with van der Waals surface area (Å²) >= 11 is 0. The molecule has 2 heteroatoms. The molecule has 0 fully saturated rings. The minimum absolute atomic E-state index is 0.103. The molecular weight excluding hydrogens is 162 g/mol. The number of nitrogens with one attached hydrogen (secondary N) is 1. The molecule has 0 aromatic rings. The summed E-state index contributed by atoms with van der Waals surface area (Å²) in [6.45, 7) is 10.6. The quantitative estimate of drug-likeness (QED) is 0.656. The van der Waals surface area contributed by atoms with Gasteiger partial charge in [0.1, 0.15) is 0 Å². The zero-order valence-corrected chi connectivity index (χ0v) is 8.13. The van der Waals surface area contributed by atoms with Gasteiger partial charge < -0.3 is 5.32 Å². The van der Waals surface area contributed by atoms with E-state index >= 15 is 0 Å². The van der Waals surface area contributed by atoms with Gasteiger partial charge in [-0.15, -0.1) is 0 Å². The van der Waals surface area contributed by atoms with Crippen LogP contribution < -0.4 is 5.32 Å². The highest BCUT2D eigenvalue weighted by atomic mass is 16.1. The average molecular weight is 177 g/mol. The predicted molar refractivity (Wildman–Crippen MR) is 56.1 cm³/mol. The first-order valence-corrected chi connectivity index (χ1v) is 4.05. The second kappa shape index (κ2) is 6.00. The van der Waals surface area contributed by atoms with E-state index in [1.165, 1.54) is 6.92 Å². The summed E-state index contributed by atoms with van der Waals surface area (Å²) in [6.07, 6.45) is 6.92. The molecule has 1 amide bonds. The van der Waals surface area contributed by atoms with Gasteiger partial charge in [-0.3, -0.25) is 4.79 Å². The second-order valence-corrected chi connectivity index (χ2v) is 2.45. The fourth-order valence-electron chi connectivity index (χ4n) is 0.901. The first-order chi connectivity index (χ1) is 6.15. The summed E-state index contributed by atoms with van der Waals surface area (Å²) in [6, 6.07) is 0. The molecule has 0 aromatic carbocycles. The van der Waals surface area contributed by atoms with Crippen LogP contribution in [0.15, 0.2) is 48.7 Å². The van der Waals surface area contributed by atoms with Crippen molar-refractivity contribution in [3.8, 4) is 0 Å². The Balaban J connectivity index is 4.80. The molecule has 0 heterocycles. The van der Waals surface area contributed by atoms with Crippen molar-refractivity contribution in [1.29, 1.82) is 0 Å². The van der Waals surface area contributed by atoms with Crippen molar-refractivity contribution in [2.24, 2.45) is 0 Å². The molecule has 0 radical (unpaired) electrons. The van der Waals surface area contributed by atoms with E-state index in [4.69, 9.17) is 0 Å². The fraction of sp³-hybridized carbons (Fsp3) is 0.182. The molecule has 0 unspecified atom stereocenters. The molecule has 13 heavy (non-hydrogen) atoms. The Kier molecular flexibility index (Phi) is 5.28. The smallest absolute Gasteiger partial charge is 0.221 e. The molecule has 0 bridgehead atoms. The van der Waals surface area contributed by atoms with E-state index in [1.54, 1.807) is 18.2 Å². The first-order valence-electron chi connectivity index (χ1n) is 4.05. The Bertz CT molecular complexity index is 272. The molecule has 0 spiro atoms. The van der Waals surface area contributed by atoms with Crippen molar-refractivity contribution in [1.82, 2.24) is 5.32 Å². The Morgan fingerprint density at radius 2 is 2.00 bits per heavy atom. The number of allylic oxidation sites excluding steroid dienone is 4. The third-order valence-electron chi connectivity index (χ3n) is 1.44. The summed E-state index contributed by atoms with van der Waals surface area (Å²) in [5, 5.41) is 2.69. The van der Waals surface area contributed by atoms with Gasteiger partial charge in [0.05, 0.1) is 0 Å². The number of rotatable bonds is 4. The molecule has 0 aliphatic heterocycles. The number of carbonyl (C=O) groups is 1. The maximum absolute atomic E-state index is 10.8. The molecule has 0 saturated heterocycles. The van der Waals surface area contributed by atoms with E-state index in [-0.39, 0.29) is 5.91 Å². The standard InChI is InChI=1S/C11H15NO/c1-5-8-11(12-9(4)13)10(6-2)7-3/h5-8H,1-2H2,3-4H3,(H,12,13)/b10-7-,11-8+. The van der Waals surface area contributed by atoms with Crippen LogP contribution in [0.5, 0.6) is 0 Å². The van der Waals surface area contributed by atoms with Crippen molar-refractivity contribution in [2.45, 2.75) is 13.8 Å². The van der Waals surface area contributed by atoms with Crippen molar-refractivity contribution >= 4 is 5.91 Å².